The van der Waals surface area contributed by atoms with Crippen molar-refractivity contribution >= 4 is 5.82 Å². The molecule has 4 heteroatoms. The zero-order valence-electron chi connectivity index (χ0n) is 12.8. The van der Waals surface area contributed by atoms with Gasteiger partial charge in [-0.05, 0) is 25.7 Å². The highest BCUT2D eigenvalue weighted by molar-refractivity contribution is 5.68. The number of nitrogens with one attached hydrogen (secondary N) is 1. The smallest absolute Gasteiger partial charge is 0.160 e. The normalized spacial score (nSPS) is 15.8. The molecule has 1 aromatic carbocycles. The third-order valence-corrected chi connectivity index (χ3v) is 4.01. The molecule has 21 heavy (non-hydrogen) atoms. The molecule has 0 bridgehead atoms. The molecule has 1 aliphatic carbocycles. The van der Waals surface area contributed by atoms with E-state index in [0.29, 0.717) is 5.92 Å². The van der Waals surface area contributed by atoms with Crippen molar-refractivity contribution in [2.24, 2.45) is 5.92 Å². The van der Waals surface area contributed by atoms with Crippen molar-refractivity contribution in [1.82, 2.24) is 9.97 Å². The molecule has 1 N–H and O–H groups in total. The quantitative estimate of drug-likeness (QED) is 0.911. The second-order valence-corrected chi connectivity index (χ2v) is 5.51. The lowest BCUT2D eigenvalue weighted by Crippen LogP contribution is -2.12. The number of rotatable bonds is 5. The predicted molar refractivity (Wildman–Crippen MR) is 84.2 cm³/mol. The number of nitrogens with zero attached hydrogens (tertiary/aromatic N) is 2. The van der Waals surface area contributed by atoms with Gasteiger partial charge in [0, 0.05) is 25.3 Å². The van der Waals surface area contributed by atoms with Crippen LogP contribution in [0, 0.1) is 12.8 Å². The molecule has 1 unspecified atom stereocenters. The summed E-state index contributed by atoms with van der Waals surface area (Å²) in [7, 11) is 3.64. The molecule has 0 aliphatic heterocycles. The molecule has 0 spiro atoms. The van der Waals surface area contributed by atoms with Crippen LogP contribution in [0.5, 0.6) is 0 Å². The van der Waals surface area contributed by atoms with Gasteiger partial charge in [-0.15, -0.1) is 0 Å². The Bertz CT molecular complexity index is 623. The average molecular weight is 283 g/mol. The molecule has 0 saturated heterocycles. The average Bonchev–Trinajstić information content (AvgIpc) is 3.35. The molecular weight excluding hydrogens is 262 g/mol. The van der Waals surface area contributed by atoms with E-state index in [-0.39, 0.29) is 6.10 Å². The van der Waals surface area contributed by atoms with E-state index in [0.717, 1.165) is 28.5 Å². The van der Waals surface area contributed by atoms with Crippen molar-refractivity contribution in [2.45, 2.75) is 25.9 Å². The lowest BCUT2D eigenvalue weighted by atomic mass is 10.1. The van der Waals surface area contributed by atoms with E-state index in [1.54, 1.807) is 7.11 Å². The Morgan fingerprint density at radius 1 is 1.19 bits per heavy atom. The minimum atomic E-state index is 0.000150. The first-order valence-corrected chi connectivity index (χ1v) is 7.39. The summed E-state index contributed by atoms with van der Waals surface area (Å²) >= 11 is 0. The Morgan fingerprint density at radius 3 is 2.48 bits per heavy atom. The van der Waals surface area contributed by atoms with Crippen molar-refractivity contribution < 1.29 is 4.74 Å². The number of methoxy groups -OCH3 is 1. The van der Waals surface area contributed by atoms with Gasteiger partial charge in [-0.2, -0.15) is 0 Å². The Hall–Kier alpha value is -1.94. The van der Waals surface area contributed by atoms with Crippen molar-refractivity contribution in [1.29, 1.82) is 0 Å². The van der Waals surface area contributed by atoms with E-state index in [9.17, 15) is 0 Å². The highest BCUT2D eigenvalue weighted by atomic mass is 16.5. The molecule has 1 heterocycles. The fraction of sp³-hybridized carbons (Fsp3) is 0.412. The van der Waals surface area contributed by atoms with Crippen LogP contribution in [-0.4, -0.2) is 24.1 Å². The van der Waals surface area contributed by atoms with Crippen LogP contribution in [0.1, 0.15) is 30.3 Å². The fourth-order valence-corrected chi connectivity index (χ4v) is 2.69. The van der Waals surface area contributed by atoms with Gasteiger partial charge in [-0.25, -0.2) is 9.97 Å². The largest absolute Gasteiger partial charge is 0.373 e. The summed E-state index contributed by atoms with van der Waals surface area (Å²) < 4.78 is 5.64. The number of hydrogen-bond donors (Lipinski definition) is 1. The van der Waals surface area contributed by atoms with Gasteiger partial charge in [-0.1, -0.05) is 30.3 Å². The Morgan fingerprint density at radius 2 is 1.90 bits per heavy atom. The van der Waals surface area contributed by atoms with Crippen LogP contribution in [0.25, 0.3) is 11.3 Å². The van der Waals surface area contributed by atoms with Crippen LogP contribution in [0.15, 0.2) is 30.3 Å². The second kappa shape index (κ2) is 5.82. The maximum atomic E-state index is 5.64. The first-order chi connectivity index (χ1) is 10.2. The zero-order chi connectivity index (χ0) is 14.8. The lowest BCUT2D eigenvalue weighted by molar-refractivity contribution is 0.0774. The molecule has 4 nitrogen and oxygen atoms in total. The molecule has 1 saturated carbocycles. The maximum Gasteiger partial charge on any atom is 0.160 e. The zero-order valence-corrected chi connectivity index (χ0v) is 12.8. The van der Waals surface area contributed by atoms with Gasteiger partial charge in [-0.3, -0.25) is 0 Å². The minimum Gasteiger partial charge on any atom is -0.373 e. The van der Waals surface area contributed by atoms with Gasteiger partial charge in [0.25, 0.3) is 0 Å². The van der Waals surface area contributed by atoms with E-state index >= 15 is 0 Å². The van der Waals surface area contributed by atoms with Crippen molar-refractivity contribution in [3.05, 3.63) is 41.7 Å². The van der Waals surface area contributed by atoms with Crippen LogP contribution in [-0.2, 0) is 4.74 Å². The molecule has 2 aromatic rings. The van der Waals surface area contributed by atoms with Crippen LogP contribution in [0.2, 0.25) is 0 Å². The summed E-state index contributed by atoms with van der Waals surface area (Å²) in [6.45, 7) is 2.05. The molecule has 1 aromatic heterocycles. The van der Waals surface area contributed by atoms with Crippen LogP contribution in [0.4, 0.5) is 5.82 Å². The van der Waals surface area contributed by atoms with Gasteiger partial charge in [0.15, 0.2) is 5.82 Å². The van der Waals surface area contributed by atoms with E-state index in [1.165, 1.54) is 12.8 Å². The van der Waals surface area contributed by atoms with Gasteiger partial charge in [0.2, 0.25) is 0 Å². The van der Waals surface area contributed by atoms with E-state index in [2.05, 4.69) is 29.4 Å². The summed E-state index contributed by atoms with van der Waals surface area (Å²) in [6, 6.07) is 10.2. The third-order valence-electron chi connectivity index (χ3n) is 4.01. The van der Waals surface area contributed by atoms with E-state index < -0.39 is 0 Å². The number of benzene rings is 1. The Balaban J connectivity index is 2.10. The second-order valence-electron chi connectivity index (χ2n) is 5.51. The topological polar surface area (TPSA) is 47.0 Å². The highest BCUT2D eigenvalue weighted by Gasteiger charge is 2.35. The lowest BCUT2D eigenvalue weighted by Gasteiger charge is -2.17. The molecule has 1 atom stereocenters. The monoisotopic (exact) mass is 283 g/mol. The van der Waals surface area contributed by atoms with E-state index in [4.69, 9.17) is 9.72 Å². The Kier molecular flexibility index (Phi) is 3.88. The summed E-state index contributed by atoms with van der Waals surface area (Å²) in [5, 5.41) is 3.18. The van der Waals surface area contributed by atoms with Crippen molar-refractivity contribution in [2.75, 3.05) is 19.5 Å². The molecular formula is C17H21N3O. The molecule has 0 radical (unpaired) electrons. The molecule has 0 amide bonds. The van der Waals surface area contributed by atoms with Crippen molar-refractivity contribution in [3.8, 4) is 11.3 Å². The van der Waals surface area contributed by atoms with Gasteiger partial charge in [0.05, 0.1) is 5.69 Å². The SMILES string of the molecule is CNc1nc(C(OC)C2CC2)nc(-c2ccccc2)c1C. The van der Waals surface area contributed by atoms with Gasteiger partial charge >= 0.3 is 0 Å². The Labute approximate surface area is 125 Å². The first kappa shape index (κ1) is 14.0. The predicted octanol–water partition coefficient (Wildman–Crippen LogP) is 3.59. The molecule has 1 aliphatic rings. The third kappa shape index (κ3) is 2.76. The molecule has 110 valence electrons. The number of anilines is 1. The maximum absolute atomic E-state index is 5.64. The van der Waals surface area contributed by atoms with Crippen LogP contribution >= 0.6 is 0 Å². The summed E-state index contributed by atoms with van der Waals surface area (Å²) in [6.07, 6.45) is 2.40. The molecule has 3 rings (SSSR count). The number of ether oxygens (including phenoxy) is 1. The summed E-state index contributed by atoms with van der Waals surface area (Å²) in [5.74, 6) is 2.22. The minimum absolute atomic E-state index is 0.000150. The van der Waals surface area contributed by atoms with Crippen LogP contribution in [0.3, 0.4) is 0 Å². The van der Waals surface area contributed by atoms with Gasteiger partial charge < -0.3 is 10.1 Å². The highest BCUT2D eigenvalue weighted by Crippen LogP contribution is 2.42. The fourth-order valence-electron chi connectivity index (χ4n) is 2.69. The number of hydrogen-bond acceptors (Lipinski definition) is 4. The van der Waals surface area contributed by atoms with E-state index in [1.807, 2.05) is 25.2 Å². The summed E-state index contributed by atoms with van der Waals surface area (Å²) in [4.78, 5) is 9.47. The van der Waals surface area contributed by atoms with Crippen molar-refractivity contribution in [3.63, 3.8) is 0 Å². The van der Waals surface area contributed by atoms with Crippen LogP contribution < -0.4 is 5.32 Å². The standard InChI is InChI=1S/C17H21N3O/c1-11-14(12-7-5-4-6-8-12)19-17(20-16(11)18-2)15(21-3)13-9-10-13/h4-8,13,15H,9-10H2,1-3H3,(H,18,19,20). The number of aromatic nitrogens is 2. The first-order valence-electron chi connectivity index (χ1n) is 7.39. The molecule has 1 fully saturated rings. The summed E-state index contributed by atoms with van der Waals surface area (Å²) in [5.41, 5.74) is 3.16. The van der Waals surface area contributed by atoms with Gasteiger partial charge in [0.1, 0.15) is 11.9 Å².